The molecule has 7 nitrogen and oxygen atoms in total. The van der Waals surface area contributed by atoms with Gasteiger partial charge in [-0.2, -0.15) is 0 Å². The van der Waals surface area contributed by atoms with Crippen LogP contribution in [0.3, 0.4) is 0 Å². The number of esters is 1. The normalized spacial score (nSPS) is 43.8. The first kappa shape index (κ1) is 15.2. The van der Waals surface area contributed by atoms with Gasteiger partial charge in [0.2, 0.25) is 0 Å². The molecule has 0 unspecified atom stereocenters. The van der Waals surface area contributed by atoms with Gasteiger partial charge in [0.15, 0.2) is 30.1 Å². The van der Waals surface area contributed by atoms with Crippen LogP contribution in [0.1, 0.15) is 34.6 Å². The van der Waals surface area contributed by atoms with Crippen molar-refractivity contribution >= 4 is 5.97 Å². The zero-order valence-corrected chi connectivity index (χ0v) is 13.0. The smallest absolute Gasteiger partial charge is 0.303 e. The molecule has 0 spiro atoms. The molecule has 3 aliphatic heterocycles. The largest absolute Gasteiger partial charge is 0.457 e. The third-order valence-electron chi connectivity index (χ3n) is 3.73. The van der Waals surface area contributed by atoms with Gasteiger partial charge in [0.25, 0.3) is 0 Å². The number of carbonyl (C=O) groups is 1. The topological polar surface area (TPSA) is 72.5 Å². The first-order chi connectivity index (χ1) is 9.67. The number of hydrogen-bond donors (Lipinski definition) is 0. The first-order valence-electron chi connectivity index (χ1n) is 7.17. The van der Waals surface area contributed by atoms with E-state index in [1.165, 1.54) is 6.92 Å². The second-order valence-corrected chi connectivity index (χ2v) is 6.51. The Labute approximate surface area is 123 Å². The molecule has 5 atom stereocenters. The van der Waals surface area contributed by atoms with Crippen LogP contribution in [0.2, 0.25) is 0 Å². The second kappa shape index (κ2) is 4.89. The van der Waals surface area contributed by atoms with Crippen LogP contribution in [-0.2, 0) is 33.2 Å². The van der Waals surface area contributed by atoms with E-state index in [2.05, 4.69) is 0 Å². The summed E-state index contributed by atoms with van der Waals surface area (Å²) in [5.74, 6) is -1.82. The van der Waals surface area contributed by atoms with Crippen LogP contribution in [-0.4, -0.2) is 54.9 Å². The zero-order chi connectivity index (χ0) is 15.4. The molecule has 7 heteroatoms. The molecule has 3 aliphatic rings. The summed E-state index contributed by atoms with van der Waals surface area (Å²) in [6, 6.07) is 0. The van der Waals surface area contributed by atoms with Crippen molar-refractivity contribution in [3.63, 3.8) is 0 Å². The first-order valence-corrected chi connectivity index (χ1v) is 7.17. The van der Waals surface area contributed by atoms with Crippen molar-refractivity contribution in [3.05, 3.63) is 0 Å². The van der Waals surface area contributed by atoms with Crippen molar-refractivity contribution in [1.29, 1.82) is 0 Å². The molecule has 0 aromatic carbocycles. The Bertz CT molecular complexity index is 433. The van der Waals surface area contributed by atoms with E-state index in [-0.39, 0.29) is 12.1 Å². The van der Waals surface area contributed by atoms with Gasteiger partial charge in [-0.1, -0.05) is 0 Å². The molecule has 3 rings (SSSR count). The molecule has 0 saturated carbocycles. The number of fused-ring (bicyclic) bond motifs is 1. The number of ether oxygens (including phenoxy) is 6. The van der Waals surface area contributed by atoms with Gasteiger partial charge in [-0.25, -0.2) is 0 Å². The van der Waals surface area contributed by atoms with E-state index in [1.807, 2.05) is 13.8 Å². The molecule has 0 aromatic rings. The van der Waals surface area contributed by atoms with Gasteiger partial charge in [-0.3, -0.25) is 4.79 Å². The minimum Gasteiger partial charge on any atom is -0.457 e. The molecule has 0 radical (unpaired) electrons. The molecule has 120 valence electrons. The summed E-state index contributed by atoms with van der Waals surface area (Å²) in [5, 5.41) is 0. The van der Waals surface area contributed by atoms with E-state index in [0.29, 0.717) is 6.61 Å². The highest BCUT2D eigenvalue weighted by atomic mass is 16.8. The SMILES string of the molecule is CC(=O)O[C@@H]1[C@H]2OC(C)(C)O[C@H]2O[C@@H]1[C@@H]1COC(C)(C)O1. The molecular formula is C14H22O7. The van der Waals surface area contributed by atoms with Crippen LogP contribution < -0.4 is 0 Å². The third kappa shape index (κ3) is 2.93. The van der Waals surface area contributed by atoms with Gasteiger partial charge < -0.3 is 28.4 Å². The van der Waals surface area contributed by atoms with E-state index in [0.717, 1.165) is 0 Å². The molecule has 3 heterocycles. The van der Waals surface area contributed by atoms with Crippen LogP contribution >= 0.6 is 0 Å². The quantitative estimate of drug-likeness (QED) is 0.703. The van der Waals surface area contributed by atoms with Crippen LogP contribution in [0, 0.1) is 0 Å². The summed E-state index contributed by atoms with van der Waals surface area (Å²) >= 11 is 0. The summed E-state index contributed by atoms with van der Waals surface area (Å²) in [4.78, 5) is 11.4. The lowest BCUT2D eigenvalue weighted by molar-refractivity contribution is -0.235. The Morgan fingerprint density at radius 3 is 2.33 bits per heavy atom. The van der Waals surface area contributed by atoms with Gasteiger partial charge >= 0.3 is 5.97 Å². The van der Waals surface area contributed by atoms with Crippen molar-refractivity contribution in [2.75, 3.05) is 6.61 Å². The molecule has 3 fully saturated rings. The molecule has 3 saturated heterocycles. The molecule has 0 aromatic heterocycles. The van der Waals surface area contributed by atoms with Crippen molar-refractivity contribution in [2.24, 2.45) is 0 Å². The van der Waals surface area contributed by atoms with Gasteiger partial charge in [-0.05, 0) is 27.7 Å². The second-order valence-electron chi connectivity index (χ2n) is 6.51. The van der Waals surface area contributed by atoms with Crippen LogP contribution in [0.5, 0.6) is 0 Å². The number of hydrogen-bond acceptors (Lipinski definition) is 7. The molecule has 0 amide bonds. The van der Waals surface area contributed by atoms with Crippen LogP contribution in [0.25, 0.3) is 0 Å². The van der Waals surface area contributed by atoms with E-state index in [4.69, 9.17) is 28.4 Å². The van der Waals surface area contributed by atoms with E-state index in [1.54, 1.807) is 13.8 Å². The molecular weight excluding hydrogens is 280 g/mol. The maximum atomic E-state index is 11.4. The van der Waals surface area contributed by atoms with Crippen molar-refractivity contribution < 1.29 is 33.2 Å². The lowest BCUT2D eigenvalue weighted by Gasteiger charge is -2.28. The maximum Gasteiger partial charge on any atom is 0.303 e. The van der Waals surface area contributed by atoms with Crippen LogP contribution in [0.15, 0.2) is 0 Å². The molecule has 21 heavy (non-hydrogen) atoms. The Kier molecular flexibility index (Phi) is 3.53. The minimum atomic E-state index is -0.759. The molecule has 0 aliphatic carbocycles. The van der Waals surface area contributed by atoms with Crippen LogP contribution in [0.4, 0.5) is 0 Å². The lowest BCUT2D eigenvalue weighted by atomic mass is 10.1. The highest BCUT2D eigenvalue weighted by molar-refractivity contribution is 5.66. The number of carbonyl (C=O) groups excluding carboxylic acids is 1. The summed E-state index contributed by atoms with van der Waals surface area (Å²) < 4.78 is 34.2. The van der Waals surface area contributed by atoms with Crippen molar-refractivity contribution in [2.45, 2.75) is 76.9 Å². The fourth-order valence-electron chi connectivity index (χ4n) is 3.01. The Morgan fingerprint density at radius 2 is 1.76 bits per heavy atom. The molecule has 0 bridgehead atoms. The molecule has 0 N–H and O–H groups in total. The predicted molar refractivity (Wildman–Crippen MR) is 69.2 cm³/mol. The maximum absolute atomic E-state index is 11.4. The average molecular weight is 302 g/mol. The van der Waals surface area contributed by atoms with Crippen molar-refractivity contribution in [1.82, 2.24) is 0 Å². The highest BCUT2D eigenvalue weighted by Gasteiger charge is 2.59. The highest BCUT2D eigenvalue weighted by Crippen LogP contribution is 2.41. The van der Waals surface area contributed by atoms with Gasteiger partial charge in [0.05, 0.1) is 6.61 Å². The lowest BCUT2D eigenvalue weighted by Crippen LogP contribution is -2.44. The fourth-order valence-corrected chi connectivity index (χ4v) is 3.01. The monoisotopic (exact) mass is 302 g/mol. The Hall–Kier alpha value is -0.730. The summed E-state index contributed by atoms with van der Waals surface area (Å²) in [6.07, 6.45) is -2.40. The number of rotatable bonds is 2. The summed E-state index contributed by atoms with van der Waals surface area (Å²) in [7, 11) is 0. The standard InChI is InChI=1S/C14H22O7/c1-7(15)17-10-9(8-6-16-13(2,3)19-8)18-12-11(10)20-14(4,5)21-12/h8-12H,6H2,1-5H3/t8-,9+,10-,11+,12+/m0/s1. The Balaban J connectivity index is 1.77. The van der Waals surface area contributed by atoms with E-state index in [9.17, 15) is 4.79 Å². The van der Waals surface area contributed by atoms with E-state index < -0.39 is 36.2 Å². The Morgan fingerprint density at radius 1 is 1.05 bits per heavy atom. The van der Waals surface area contributed by atoms with Crippen molar-refractivity contribution in [3.8, 4) is 0 Å². The summed E-state index contributed by atoms with van der Waals surface area (Å²) in [6.45, 7) is 9.00. The minimum absolute atomic E-state index is 0.328. The predicted octanol–water partition coefficient (Wildman–Crippen LogP) is 0.946. The van der Waals surface area contributed by atoms with E-state index >= 15 is 0 Å². The van der Waals surface area contributed by atoms with Gasteiger partial charge in [0.1, 0.15) is 12.2 Å². The van der Waals surface area contributed by atoms with Gasteiger partial charge in [0, 0.05) is 6.92 Å². The third-order valence-corrected chi connectivity index (χ3v) is 3.73. The summed E-state index contributed by atoms with van der Waals surface area (Å²) in [5.41, 5.74) is 0. The fraction of sp³-hybridized carbons (Fsp3) is 0.929. The van der Waals surface area contributed by atoms with Gasteiger partial charge in [-0.15, -0.1) is 0 Å². The zero-order valence-electron chi connectivity index (χ0n) is 13.0. The average Bonchev–Trinajstić information content (AvgIpc) is 2.90.